The first-order valence-corrected chi connectivity index (χ1v) is 14.5. The summed E-state index contributed by atoms with van der Waals surface area (Å²) in [7, 11) is -3.52. The fraction of sp³-hybridized carbons (Fsp3) is 0.310. The molecule has 1 aliphatic rings. The Labute approximate surface area is 229 Å². The van der Waals surface area contributed by atoms with Crippen LogP contribution in [0, 0.1) is 0 Å². The predicted octanol–water partition coefficient (Wildman–Crippen LogP) is 4.45. The van der Waals surface area contributed by atoms with Crippen molar-refractivity contribution in [1.82, 2.24) is 14.9 Å². The standard InChI is InChI=1S/C29H32ClN3O4S/c1-21(29(35)31-19-24-9-5-6-10-27(24)30)33(20-23-7-3-2-4-8-23)28(34)18-13-22-11-16-26(17-12-22)38(36,37)32-25-14-15-25/h2-12,16-17,21,25,32H,13-15,18-20H2,1H3,(H,31,35). The monoisotopic (exact) mass is 553 g/mol. The molecule has 0 spiro atoms. The number of carbonyl (C=O) groups excluding carboxylic acids is 2. The van der Waals surface area contributed by atoms with Gasteiger partial charge in [0, 0.05) is 30.6 Å². The van der Waals surface area contributed by atoms with Crippen LogP contribution in [-0.2, 0) is 39.1 Å². The third-order valence-corrected chi connectivity index (χ3v) is 8.44. The van der Waals surface area contributed by atoms with Gasteiger partial charge in [-0.2, -0.15) is 0 Å². The summed E-state index contributed by atoms with van der Waals surface area (Å²) < 4.78 is 27.5. The molecule has 0 aliphatic heterocycles. The van der Waals surface area contributed by atoms with Crippen LogP contribution in [0.5, 0.6) is 0 Å². The molecule has 0 heterocycles. The van der Waals surface area contributed by atoms with E-state index in [9.17, 15) is 18.0 Å². The molecule has 2 N–H and O–H groups in total. The molecule has 0 saturated heterocycles. The second-order valence-electron chi connectivity index (χ2n) is 9.53. The van der Waals surface area contributed by atoms with Gasteiger partial charge in [-0.1, -0.05) is 72.3 Å². The molecule has 3 aromatic carbocycles. The summed E-state index contributed by atoms with van der Waals surface area (Å²) in [4.78, 5) is 28.2. The van der Waals surface area contributed by atoms with Crippen molar-refractivity contribution < 1.29 is 18.0 Å². The van der Waals surface area contributed by atoms with Gasteiger partial charge in [0.1, 0.15) is 6.04 Å². The van der Waals surface area contributed by atoms with E-state index in [1.807, 2.05) is 48.5 Å². The Balaban J connectivity index is 1.40. The van der Waals surface area contributed by atoms with E-state index >= 15 is 0 Å². The topological polar surface area (TPSA) is 95.6 Å². The maximum atomic E-state index is 13.4. The molecule has 2 amide bonds. The van der Waals surface area contributed by atoms with E-state index in [4.69, 9.17) is 11.6 Å². The number of carbonyl (C=O) groups is 2. The smallest absolute Gasteiger partial charge is 0.242 e. The summed E-state index contributed by atoms with van der Waals surface area (Å²) in [6.45, 7) is 2.28. The maximum absolute atomic E-state index is 13.4. The van der Waals surface area contributed by atoms with Crippen LogP contribution in [0.25, 0.3) is 0 Å². The van der Waals surface area contributed by atoms with Gasteiger partial charge in [-0.15, -0.1) is 0 Å². The third-order valence-electron chi connectivity index (χ3n) is 6.53. The fourth-order valence-electron chi connectivity index (χ4n) is 4.05. The second-order valence-corrected chi connectivity index (χ2v) is 11.7. The lowest BCUT2D eigenvalue weighted by Crippen LogP contribution is -2.47. The minimum absolute atomic E-state index is 0.0387. The molecular weight excluding hydrogens is 522 g/mol. The van der Waals surface area contributed by atoms with E-state index < -0.39 is 16.1 Å². The molecule has 0 aromatic heterocycles. The molecule has 3 aromatic rings. The van der Waals surface area contributed by atoms with Gasteiger partial charge in [-0.05, 0) is 61.1 Å². The van der Waals surface area contributed by atoms with Crippen LogP contribution in [0.1, 0.15) is 42.9 Å². The highest BCUT2D eigenvalue weighted by atomic mass is 35.5. The Kier molecular flexibility index (Phi) is 9.20. The van der Waals surface area contributed by atoms with Gasteiger partial charge >= 0.3 is 0 Å². The number of nitrogens with zero attached hydrogens (tertiary/aromatic N) is 1. The van der Waals surface area contributed by atoms with E-state index in [2.05, 4.69) is 10.0 Å². The maximum Gasteiger partial charge on any atom is 0.242 e. The zero-order valence-corrected chi connectivity index (χ0v) is 22.8. The minimum atomic E-state index is -3.52. The van der Waals surface area contributed by atoms with Gasteiger partial charge in [0.05, 0.1) is 4.90 Å². The quantitative estimate of drug-likeness (QED) is 0.346. The van der Waals surface area contributed by atoms with E-state index in [1.165, 1.54) is 0 Å². The van der Waals surface area contributed by atoms with E-state index in [0.29, 0.717) is 18.0 Å². The Hall–Kier alpha value is -3.20. The van der Waals surface area contributed by atoms with Crippen LogP contribution >= 0.6 is 11.6 Å². The average Bonchev–Trinajstić information content (AvgIpc) is 3.73. The summed E-state index contributed by atoms with van der Waals surface area (Å²) in [5.74, 6) is -0.437. The Morgan fingerprint density at radius 2 is 1.61 bits per heavy atom. The van der Waals surface area contributed by atoms with E-state index in [-0.39, 0.29) is 35.7 Å². The first-order valence-electron chi connectivity index (χ1n) is 12.7. The first kappa shape index (κ1) is 27.8. The zero-order chi connectivity index (χ0) is 27.1. The lowest BCUT2D eigenvalue weighted by Gasteiger charge is -2.29. The zero-order valence-electron chi connectivity index (χ0n) is 21.3. The number of halogens is 1. The van der Waals surface area contributed by atoms with Crippen molar-refractivity contribution in [2.24, 2.45) is 0 Å². The Morgan fingerprint density at radius 3 is 2.26 bits per heavy atom. The number of hydrogen-bond donors (Lipinski definition) is 2. The summed E-state index contributed by atoms with van der Waals surface area (Å²) in [6.07, 6.45) is 2.35. The van der Waals surface area contributed by atoms with Gasteiger partial charge < -0.3 is 10.2 Å². The van der Waals surface area contributed by atoms with Crippen LogP contribution in [0.3, 0.4) is 0 Å². The van der Waals surface area contributed by atoms with E-state index in [0.717, 1.165) is 29.5 Å². The number of hydrogen-bond acceptors (Lipinski definition) is 4. The molecule has 0 radical (unpaired) electrons. The molecule has 1 aliphatic carbocycles. The summed E-state index contributed by atoms with van der Waals surface area (Å²) in [5.41, 5.74) is 2.57. The molecule has 7 nitrogen and oxygen atoms in total. The third kappa shape index (κ3) is 7.66. The van der Waals surface area contributed by atoms with Crippen molar-refractivity contribution in [2.75, 3.05) is 0 Å². The first-order chi connectivity index (χ1) is 18.2. The highest BCUT2D eigenvalue weighted by molar-refractivity contribution is 7.89. The average molecular weight is 554 g/mol. The van der Waals surface area contributed by atoms with Crippen molar-refractivity contribution in [3.8, 4) is 0 Å². The molecule has 0 bridgehead atoms. The van der Waals surface area contributed by atoms with Gasteiger partial charge in [0.25, 0.3) is 0 Å². The fourth-order valence-corrected chi connectivity index (χ4v) is 5.56. The van der Waals surface area contributed by atoms with Crippen LogP contribution in [0.15, 0.2) is 83.8 Å². The molecule has 9 heteroatoms. The van der Waals surface area contributed by atoms with Crippen LogP contribution in [0.4, 0.5) is 0 Å². The highest BCUT2D eigenvalue weighted by Crippen LogP contribution is 2.22. The molecule has 1 atom stereocenters. The number of amides is 2. The normalized spacial score (nSPS) is 14.1. The van der Waals surface area contributed by atoms with Crippen molar-refractivity contribution in [1.29, 1.82) is 0 Å². The van der Waals surface area contributed by atoms with Gasteiger partial charge in [0.15, 0.2) is 0 Å². The van der Waals surface area contributed by atoms with Crippen LogP contribution in [-0.4, -0.2) is 37.2 Å². The van der Waals surface area contributed by atoms with Gasteiger partial charge in [-0.25, -0.2) is 13.1 Å². The van der Waals surface area contributed by atoms with Crippen molar-refractivity contribution >= 4 is 33.4 Å². The SMILES string of the molecule is CC(C(=O)NCc1ccccc1Cl)N(Cc1ccccc1)C(=O)CCc1ccc(S(=O)(=O)NC2CC2)cc1. The largest absolute Gasteiger partial charge is 0.350 e. The summed E-state index contributed by atoms with van der Waals surface area (Å²) >= 11 is 6.21. The predicted molar refractivity (Wildman–Crippen MR) is 148 cm³/mol. The summed E-state index contributed by atoms with van der Waals surface area (Å²) in [6, 6.07) is 22.8. The van der Waals surface area contributed by atoms with Gasteiger partial charge in [0.2, 0.25) is 21.8 Å². The lowest BCUT2D eigenvalue weighted by atomic mass is 10.1. The Morgan fingerprint density at radius 1 is 0.947 bits per heavy atom. The number of aryl methyl sites for hydroxylation is 1. The molecule has 1 unspecified atom stereocenters. The second kappa shape index (κ2) is 12.6. The molecule has 38 heavy (non-hydrogen) atoms. The summed E-state index contributed by atoms with van der Waals surface area (Å²) in [5, 5.41) is 3.46. The van der Waals surface area contributed by atoms with Crippen molar-refractivity contribution in [3.63, 3.8) is 0 Å². The number of rotatable bonds is 12. The molecule has 200 valence electrons. The molecule has 4 rings (SSSR count). The number of benzene rings is 3. The number of sulfonamides is 1. The van der Waals surface area contributed by atoms with Crippen LogP contribution in [0.2, 0.25) is 5.02 Å². The van der Waals surface area contributed by atoms with Crippen molar-refractivity contribution in [3.05, 3.63) is 101 Å². The van der Waals surface area contributed by atoms with E-state index in [1.54, 1.807) is 42.2 Å². The minimum Gasteiger partial charge on any atom is -0.350 e. The molecular formula is C29H32ClN3O4S. The molecule has 1 saturated carbocycles. The van der Waals surface area contributed by atoms with Crippen LogP contribution < -0.4 is 10.0 Å². The lowest BCUT2D eigenvalue weighted by molar-refractivity contribution is -0.140. The Bertz CT molecular complexity index is 1360. The van der Waals surface area contributed by atoms with Gasteiger partial charge in [-0.3, -0.25) is 9.59 Å². The molecule has 1 fully saturated rings. The number of nitrogens with one attached hydrogen (secondary N) is 2. The highest BCUT2D eigenvalue weighted by Gasteiger charge is 2.28. The van der Waals surface area contributed by atoms with Crippen molar-refractivity contribution in [2.45, 2.75) is 62.7 Å².